The minimum Gasteiger partial charge on any atom is -0.364 e. The van der Waals surface area contributed by atoms with Gasteiger partial charge in [0.25, 0.3) is 0 Å². The Hall–Kier alpha value is -0.651. The minimum atomic E-state index is -1.00. The Kier molecular flexibility index (Phi) is 13.2. The molecule has 1 aliphatic rings. The van der Waals surface area contributed by atoms with E-state index in [0.29, 0.717) is 12.3 Å². The van der Waals surface area contributed by atoms with Crippen LogP contribution in [-0.2, 0) is 14.3 Å². The second-order valence-corrected chi connectivity index (χ2v) is 7.73. The zero-order valence-electron chi connectivity index (χ0n) is 17.3. The second-order valence-electron chi connectivity index (χ2n) is 7.73. The Morgan fingerprint density at radius 1 is 0.967 bits per heavy atom. The van der Waals surface area contributed by atoms with Gasteiger partial charge in [-0.05, 0) is 5.92 Å². The largest absolute Gasteiger partial charge is 0.364 e. The Balaban J connectivity index is 2.37. The van der Waals surface area contributed by atoms with E-state index in [9.17, 15) is 14.4 Å². The number of nitrogens with one attached hydrogen (secondary N) is 2. The van der Waals surface area contributed by atoms with E-state index >= 15 is 0 Å². The van der Waals surface area contributed by atoms with Gasteiger partial charge in [0, 0.05) is 85.4 Å². The molecule has 0 saturated heterocycles. The highest BCUT2D eigenvalue weighted by Gasteiger charge is 2.40. The van der Waals surface area contributed by atoms with E-state index in [1.54, 1.807) is 0 Å². The molecule has 2 amide bonds. The molecule has 0 atom stereocenters. The standard InChI is InChI=1S/C12H19B12N2O4/c13-19-23(18)20(24(21(14)15)22(16)17)12(29)26-8-25-11(28)7-30-6-10(27)5-9-3-1-2-4-9/h9H,1-8H2,(H,25,28)(H,26,29). The van der Waals surface area contributed by atoms with Crippen molar-refractivity contribution in [2.24, 2.45) is 5.92 Å². The molecule has 1 fully saturated rings. The van der Waals surface area contributed by atoms with E-state index in [1.165, 1.54) is 0 Å². The fraction of sp³-hybridized carbons (Fsp3) is 0.750. The number of amides is 2. The molecule has 137 valence electrons. The van der Waals surface area contributed by atoms with Crippen molar-refractivity contribution >= 4 is 103 Å². The van der Waals surface area contributed by atoms with Crippen molar-refractivity contribution in [1.82, 2.24) is 10.6 Å². The first kappa shape index (κ1) is 27.4. The highest BCUT2D eigenvalue weighted by molar-refractivity contribution is 8.04. The van der Waals surface area contributed by atoms with Gasteiger partial charge >= 0.3 is 0 Å². The van der Waals surface area contributed by atoms with Crippen LogP contribution in [0, 0.1) is 5.92 Å². The molecule has 1 rings (SSSR count). The summed E-state index contributed by atoms with van der Waals surface area (Å²) in [5.41, 5.74) is 0. The second kappa shape index (κ2) is 14.4. The molecule has 13 radical (unpaired) electrons. The Morgan fingerprint density at radius 3 is 2.10 bits per heavy atom. The smallest absolute Gasteiger partial charge is 0.247 e. The van der Waals surface area contributed by atoms with E-state index in [1.807, 2.05) is 0 Å². The molecule has 0 heterocycles. The molecular weight excluding hydrogens is 366 g/mol. The Bertz CT molecular complexity index is 557. The predicted octanol–water partition coefficient (Wildman–Crippen LogP) is -4.08. The lowest BCUT2D eigenvalue weighted by atomic mass is 8.54. The summed E-state index contributed by atoms with van der Waals surface area (Å²) in [6.07, 6.45) is 1.22. The van der Waals surface area contributed by atoms with Crippen LogP contribution in [0.2, 0.25) is 0 Å². The van der Waals surface area contributed by atoms with Crippen LogP contribution in [0.3, 0.4) is 0 Å². The first-order valence-electron chi connectivity index (χ1n) is 10.1. The number of rotatable bonds is 14. The number of hydrogen-bond donors (Lipinski definition) is 2. The van der Waals surface area contributed by atoms with Gasteiger partial charge in [-0.3, -0.25) is 14.4 Å². The van der Waals surface area contributed by atoms with Crippen LogP contribution in [0.5, 0.6) is 0 Å². The van der Waals surface area contributed by atoms with E-state index in [2.05, 4.69) is 10.6 Å². The summed E-state index contributed by atoms with van der Waals surface area (Å²) < 4.78 is 5.15. The van der Waals surface area contributed by atoms with Gasteiger partial charge in [0.2, 0.25) is 5.91 Å². The first-order chi connectivity index (χ1) is 14.2. The third kappa shape index (κ3) is 9.65. The van der Waals surface area contributed by atoms with Crippen LogP contribution in [0.25, 0.3) is 0 Å². The quantitative estimate of drug-likeness (QED) is 0.235. The van der Waals surface area contributed by atoms with Gasteiger partial charge in [-0.1, -0.05) is 25.7 Å². The van der Waals surface area contributed by atoms with Gasteiger partial charge in [-0.2, -0.15) is 0 Å². The van der Waals surface area contributed by atoms with Crippen molar-refractivity contribution in [2.45, 2.75) is 32.1 Å². The molecule has 0 spiro atoms. The monoisotopic (exact) mass is 387 g/mol. The maximum atomic E-state index is 12.5. The number of carbonyl (C=O) groups is 3. The van der Waals surface area contributed by atoms with Crippen molar-refractivity contribution in [1.29, 1.82) is 0 Å². The SMILES string of the molecule is [B][B]B([B])B(B(B([B])[B])B([B])[B])C(=O)NCNC(=O)COCC(=O)CC1CCCC1. The van der Waals surface area contributed by atoms with Crippen molar-refractivity contribution in [2.75, 3.05) is 19.9 Å². The summed E-state index contributed by atoms with van der Waals surface area (Å²) in [6.45, 7) is -1.59. The van der Waals surface area contributed by atoms with Crippen LogP contribution in [0.15, 0.2) is 0 Å². The van der Waals surface area contributed by atoms with Crippen LogP contribution in [-0.4, -0.2) is 123 Å². The van der Waals surface area contributed by atoms with Gasteiger partial charge in [0.1, 0.15) is 13.2 Å². The number of Topliss-reactive ketones (excluding diaryl/α,β-unsaturated/α-hetero) is 1. The molecule has 2 N–H and O–H groups in total. The van der Waals surface area contributed by atoms with Crippen molar-refractivity contribution in [3.63, 3.8) is 0 Å². The Morgan fingerprint density at radius 2 is 1.57 bits per heavy atom. The normalized spacial score (nSPS) is 13.2. The molecule has 0 bridgehead atoms. The lowest BCUT2D eigenvalue weighted by molar-refractivity contribution is -0.130. The molecule has 0 aromatic carbocycles. The van der Waals surface area contributed by atoms with Gasteiger partial charge < -0.3 is 15.4 Å². The molecule has 18 heteroatoms. The van der Waals surface area contributed by atoms with Crippen molar-refractivity contribution in [3.8, 4) is 0 Å². The average Bonchev–Trinajstić information content (AvgIpc) is 3.17. The number of carbonyl (C=O) groups excluding carboxylic acids is 3. The van der Waals surface area contributed by atoms with Gasteiger partial charge in [-0.15, -0.1) is 0 Å². The van der Waals surface area contributed by atoms with E-state index < -0.39 is 43.7 Å². The lowest BCUT2D eigenvalue weighted by Crippen LogP contribution is -2.72. The minimum absolute atomic E-state index is 0.0137. The number of hydrogen-bond acceptors (Lipinski definition) is 4. The van der Waals surface area contributed by atoms with Crippen molar-refractivity contribution < 1.29 is 19.1 Å². The zero-order valence-corrected chi connectivity index (χ0v) is 17.3. The maximum absolute atomic E-state index is 12.5. The molecular formula is C12H19B12N2O4. The highest BCUT2D eigenvalue weighted by atomic mass is 16.5. The zero-order chi connectivity index (χ0) is 22.7. The fourth-order valence-electron chi connectivity index (χ4n) is 3.71. The predicted molar refractivity (Wildman–Crippen MR) is 133 cm³/mol. The third-order valence-electron chi connectivity index (χ3n) is 5.28. The van der Waals surface area contributed by atoms with Gasteiger partial charge in [0.15, 0.2) is 18.1 Å². The Labute approximate surface area is 190 Å². The third-order valence-corrected chi connectivity index (χ3v) is 5.28. The van der Waals surface area contributed by atoms with Gasteiger partial charge in [0.05, 0.1) is 6.67 Å². The molecule has 6 nitrogen and oxygen atoms in total. The van der Waals surface area contributed by atoms with Crippen LogP contribution in [0.1, 0.15) is 32.1 Å². The summed E-state index contributed by atoms with van der Waals surface area (Å²) in [4.78, 5) is 36.2. The average molecular weight is 385 g/mol. The number of ether oxygens (including phenoxy) is 1. The summed E-state index contributed by atoms with van der Waals surface area (Å²) in [6, 6.07) is 0. The van der Waals surface area contributed by atoms with Crippen LogP contribution >= 0.6 is 0 Å². The molecule has 0 aromatic rings. The maximum Gasteiger partial charge on any atom is 0.247 e. The highest BCUT2D eigenvalue weighted by Crippen LogP contribution is 2.27. The topological polar surface area (TPSA) is 84.5 Å². The van der Waals surface area contributed by atoms with Crippen LogP contribution in [0.4, 0.5) is 4.79 Å². The summed E-state index contributed by atoms with van der Waals surface area (Å²) in [7, 11) is 35.2. The first-order valence-corrected chi connectivity index (χ1v) is 10.1. The van der Waals surface area contributed by atoms with Gasteiger partial charge in [-0.25, -0.2) is 0 Å². The van der Waals surface area contributed by atoms with Crippen LogP contribution < -0.4 is 10.6 Å². The van der Waals surface area contributed by atoms with E-state index in [4.69, 9.17) is 51.2 Å². The lowest BCUT2D eigenvalue weighted by Gasteiger charge is -2.31. The molecule has 30 heavy (non-hydrogen) atoms. The van der Waals surface area contributed by atoms with E-state index in [-0.39, 0.29) is 25.7 Å². The fourth-order valence-corrected chi connectivity index (χ4v) is 3.71. The number of ketones is 1. The summed E-state index contributed by atoms with van der Waals surface area (Å²) in [5, 5.41) is 4.95. The van der Waals surface area contributed by atoms with E-state index in [0.717, 1.165) is 32.7 Å². The molecule has 0 aliphatic heterocycles. The molecule has 0 unspecified atom stereocenters. The molecule has 0 aromatic heterocycles. The summed E-state index contributed by atoms with van der Waals surface area (Å²) >= 11 is 0. The summed E-state index contributed by atoms with van der Waals surface area (Å²) in [5.74, 6) is -0.635. The molecule has 1 saturated carbocycles. The van der Waals surface area contributed by atoms with Crippen molar-refractivity contribution in [3.05, 3.63) is 0 Å². The molecule has 1 aliphatic carbocycles.